The molecule has 1 amide bonds. The number of ether oxygens (including phenoxy) is 5. The Morgan fingerprint density at radius 1 is 0.857 bits per heavy atom. The van der Waals surface area contributed by atoms with Crippen molar-refractivity contribution in [1.82, 2.24) is 5.32 Å². The minimum Gasteiger partial charge on any atom is -0.455 e. The molecule has 11 atom stereocenters. The predicted octanol–water partition coefficient (Wildman–Crippen LogP) is 3.77. The molecule has 10 unspecified atom stereocenters. The number of carbonyl (C=O) groups is 5. The van der Waals surface area contributed by atoms with Crippen molar-refractivity contribution in [1.29, 1.82) is 0 Å². The van der Waals surface area contributed by atoms with E-state index in [2.05, 4.69) is 5.32 Å². The molecule has 17 heteroatoms. The van der Waals surface area contributed by atoms with Crippen LogP contribution in [0.25, 0.3) is 0 Å². The third-order valence-electron chi connectivity index (χ3n) is 13.4. The van der Waals surface area contributed by atoms with Gasteiger partial charge in [-0.05, 0) is 61.7 Å². The molecule has 5 N–H and O–H groups in total. The van der Waals surface area contributed by atoms with E-state index < -0.39 is 107 Å². The zero-order chi connectivity index (χ0) is 44.1. The first-order valence-corrected chi connectivity index (χ1v) is 20.3. The molecule has 3 aliphatic carbocycles. The number of benzene rings is 3. The van der Waals surface area contributed by atoms with E-state index in [1.165, 1.54) is 32.9 Å². The molecule has 0 spiro atoms. The maximum absolute atomic E-state index is 14.9. The summed E-state index contributed by atoms with van der Waals surface area (Å²) in [6, 6.07) is 22.9. The van der Waals surface area contributed by atoms with Gasteiger partial charge in [-0.1, -0.05) is 80.6 Å². The number of amides is 1. The van der Waals surface area contributed by atoms with E-state index in [0.717, 1.165) is 0 Å². The minimum atomic E-state index is -2.37. The van der Waals surface area contributed by atoms with E-state index in [9.17, 15) is 44.4 Å². The summed E-state index contributed by atoms with van der Waals surface area (Å²) in [6.07, 6.45) is -11.8. The fraction of sp³-hybridized carbons (Fsp3) is 0.457. The van der Waals surface area contributed by atoms with Gasteiger partial charge < -0.3 is 49.4 Å². The predicted molar refractivity (Wildman–Crippen MR) is 214 cm³/mol. The van der Waals surface area contributed by atoms with E-state index in [1.807, 2.05) is 0 Å². The van der Waals surface area contributed by atoms with Crippen LogP contribution in [0.15, 0.2) is 102 Å². The van der Waals surface area contributed by atoms with Gasteiger partial charge in [0.05, 0.1) is 36.4 Å². The number of nitrogens with one attached hydrogen (secondary N) is 1. The SMILES string of the molecule is CCOC(=O)OC(C(=O)OC1CC2(O)C(OC(=O)c3ccccc3)C3C4(O)COC4CC(O)[C@@]3(C)C(=O)C(O)C(=C1C)C2(C)C)C(NC(=O)c1ccccc1)c1ccccc1.[Ac].[Ac]. The fourth-order valence-corrected chi connectivity index (χ4v) is 9.90. The normalized spacial score (nSPS) is 31.2. The van der Waals surface area contributed by atoms with Crippen molar-refractivity contribution in [2.24, 2.45) is 16.7 Å². The van der Waals surface area contributed by atoms with Crippen molar-refractivity contribution >= 4 is 29.8 Å². The third-order valence-corrected chi connectivity index (χ3v) is 13.4. The number of ketones is 1. The molecule has 4 aliphatic rings. The van der Waals surface area contributed by atoms with E-state index >= 15 is 0 Å². The molecule has 330 valence electrons. The molecular formula is C46H51Ac2NO14. The van der Waals surface area contributed by atoms with Crippen LogP contribution in [0, 0.1) is 105 Å². The van der Waals surface area contributed by atoms with E-state index in [-0.39, 0.29) is 130 Å². The molecule has 2 radical (unpaired) electrons. The second kappa shape index (κ2) is 20.1. The number of esters is 2. The average Bonchev–Trinajstić information content (AvgIpc) is 3.24. The van der Waals surface area contributed by atoms with Crippen molar-refractivity contribution in [2.75, 3.05) is 13.2 Å². The third kappa shape index (κ3) is 9.14. The molecular weight excluding hydrogens is 1240 g/mol. The molecule has 2 saturated carbocycles. The van der Waals surface area contributed by atoms with Crippen molar-refractivity contribution in [2.45, 2.75) is 101 Å². The van der Waals surface area contributed by atoms with Gasteiger partial charge in [-0.3, -0.25) is 9.59 Å². The standard InChI is InChI=1S/C46H51NO14.2Ac/c1-6-57-42(54)60-35(33(26-16-10-7-11-17-26)47-39(51)27-18-12-8-13-19-27)41(53)59-29-23-46(56)38(61-40(52)28-20-14-9-15-21-28)36-44(5,30(48)22-31-45(36,55)24-58-31)37(50)34(49)32(25(29)2)43(46,3)4;;/h7-21,29-31,33-36,38,48-49,55-56H,6,22-24H2,1-5H3,(H,47,51);;/t29?,30?,31?,33?,34?,35?,36?,38?,44-,45?,46?;;/m1../s1. The van der Waals surface area contributed by atoms with E-state index in [0.29, 0.717) is 5.56 Å². The van der Waals surface area contributed by atoms with Crippen LogP contribution in [0.5, 0.6) is 0 Å². The Balaban J connectivity index is 0.00000374. The molecule has 3 aromatic carbocycles. The first-order chi connectivity index (χ1) is 28.9. The van der Waals surface area contributed by atoms with Crippen molar-refractivity contribution in [3.63, 3.8) is 0 Å². The van der Waals surface area contributed by atoms with E-state index in [4.69, 9.17) is 23.7 Å². The molecule has 1 heterocycles. The number of carbonyl (C=O) groups excluding carboxylic acids is 5. The Labute approximate surface area is 436 Å². The quantitative estimate of drug-likeness (QED) is 0.111. The van der Waals surface area contributed by atoms with Gasteiger partial charge >= 0.3 is 18.1 Å². The van der Waals surface area contributed by atoms with Gasteiger partial charge in [0.2, 0.25) is 6.10 Å². The molecule has 0 aromatic heterocycles. The molecule has 3 aromatic rings. The van der Waals surface area contributed by atoms with Crippen LogP contribution < -0.4 is 5.32 Å². The zero-order valence-corrected chi connectivity index (χ0v) is 45.1. The Morgan fingerprint density at radius 3 is 1.98 bits per heavy atom. The number of hydrogen-bond donors (Lipinski definition) is 5. The summed E-state index contributed by atoms with van der Waals surface area (Å²) >= 11 is 0. The number of aliphatic hydroxyl groups excluding tert-OH is 2. The van der Waals surface area contributed by atoms with Crippen LogP contribution in [0.1, 0.15) is 79.8 Å². The number of aliphatic hydroxyl groups is 4. The maximum Gasteiger partial charge on any atom is 0.509 e. The van der Waals surface area contributed by atoms with Crippen LogP contribution in [-0.4, -0.2) is 111 Å². The topological polar surface area (TPSA) is 224 Å². The van der Waals surface area contributed by atoms with Gasteiger partial charge in [0.25, 0.3) is 5.91 Å². The summed E-state index contributed by atoms with van der Waals surface area (Å²) in [4.78, 5) is 70.3. The minimum absolute atomic E-state index is 0. The van der Waals surface area contributed by atoms with Gasteiger partial charge in [-0.15, -0.1) is 0 Å². The monoisotopic (exact) mass is 1300 g/mol. The van der Waals surface area contributed by atoms with E-state index in [1.54, 1.807) is 92.7 Å². The first-order valence-electron chi connectivity index (χ1n) is 20.3. The summed E-state index contributed by atoms with van der Waals surface area (Å²) in [5.41, 5.74) is -7.22. The van der Waals surface area contributed by atoms with Crippen LogP contribution in [0.2, 0.25) is 0 Å². The Hall–Kier alpha value is -2.57. The zero-order valence-electron chi connectivity index (χ0n) is 35.6. The molecule has 7 rings (SSSR count). The summed E-state index contributed by atoms with van der Waals surface area (Å²) in [5.74, 6) is -5.23. The largest absolute Gasteiger partial charge is 0.509 e. The van der Waals surface area contributed by atoms with Gasteiger partial charge in [0, 0.05) is 118 Å². The molecule has 2 bridgehead atoms. The smallest absolute Gasteiger partial charge is 0.455 e. The van der Waals surface area contributed by atoms with Gasteiger partial charge in [0.15, 0.2) is 5.78 Å². The fourth-order valence-electron chi connectivity index (χ4n) is 9.90. The van der Waals surface area contributed by atoms with Crippen LogP contribution in [0.3, 0.4) is 0 Å². The number of hydrogen-bond acceptors (Lipinski definition) is 14. The summed E-state index contributed by atoms with van der Waals surface area (Å²) in [7, 11) is 0. The second-order valence-corrected chi connectivity index (χ2v) is 17.0. The Morgan fingerprint density at radius 2 is 1.43 bits per heavy atom. The summed E-state index contributed by atoms with van der Waals surface area (Å²) in [5, 5.41) is 52.5. The van der Waals surface area contributed by atoms with Crippen LogP contribution in [-0.2, 0) is 33.3 Å². The second-order valence-electron chi connectivity index (χ2n) is 17.0. The maximum atomic E-state index is 14.9. The summed E-state index contributed by atoms with van der Waals surface area (Å²) in [6.45, 7) is 7.04. The number of fused-ring (bicyclic) bond motifs is 5. The Bertz CT molecular complexity index is 2210. The van der Waals surface area contributed by atoms with Gasteiger partial charge in [0.1, 0.15) is 35.6 Å². The van der Waals surface area contributed by atoms with Gasteiger partial charge in [-0.25, -0.2) is 14.4 Å². The van der Waals surface area contributed by atoms with Crippen LogP contribution >= 0.6 is 0 Å². The molecule has 1 saturated heterocycles. The Kier molecular flexibility index (Phi) is 16.4. The van der Waals surface area contributed by atoms with Crippen LogP contribution in [0.4, 0.5) is 4.79 Å². The average molecular weight is 1300 g/mol. The molecule has 15 nitrogen and oxygen atoms in total. The molecule has 3 fully saturated rings. The van der Waals surface area contributed by atoms with Crippen molar-refractivity contribution in [3.8, 4) is 0 Å². The molecule has 63 heavy (non-hydrogen) atoms. The molecule has 1 aliphatic heterocycles. The summed E-state index contributed by atoms with van der Waals surface area (Å²) < 4.78 is 28.8. The van der Waals surface area contributed by atoms with Crippen molar-refractivity contribution < 1.29 is 156 Å². The van der Waals surface area contributed by atoms with Gasteiger partial charge in [-0.2, -0.15) is 0 Å². The number of Topliss-reactive ketones (excluding diaryl/α,β-unsaturated/α-hetero) is 1. The first kappa shape index (κ1) is 51.4. The van der Waals surface area contributed by atoms with Crippen molar-refractivity contribution in [3.05, 3.63) is 119 Å². The number of rotatable bonds is 10.